The van der Waals surface area contributed by atoms with Crippen molar-refractivity contribution in [1.82, 2.24) is 5.32 Å². The molecule has 1 heterocycles. The average Bonchev–Trinajstić information content (AvgIpc) is 2.95. The number of hydrogen-bond donors (Lipinski definition) is 2. The van der Waals surface area contributed by atoms with Crippen LogP contribution in [0.1, 0.15) is 43.0 Å². The number of aliphatic imine (C=N–C) groups is 1. The fourth-order valence-corrected chi connectivity index (χ4v) is 4.02. The molecule has 1 atom stereocenters. The topological polar surface area (TPSA) is 90.9 Å². The number of aryl methyl sites for hydroxylation is 2. The van der Waals surface area contributed by atoms with E-state index in [1.165, 1.54) is 4.90 Å². The summed E-state index contributed by atoms with van der Waals surface area (Å²) in [6.07, 6.45) is -1.23. The van der Waals surface area contributed by atoms with Gasteiger partial charge < -0.3 is 15.5 Å². The molecule has 0 aromatic heterocycles. The number of hydrogen-bond acceptors (Lipinski definition) is 4. The minimum Gasteiger partial charge on any atom is -0.308 e. The van der Waals surface area contributed by atoms with Crippen molar-refractivity contribution < 1.29 is 14.4 Å². The first kappa shape index (κ1) is 25.8. The summed E-state index contributed by atoms with van der Waals surface area (Å²) in [6, 6.07) is 22.0. The lowest BCUT2D eigenvalue weighted by Gasteiger charge is -2.28. The Labute approximate surface area is 217 Å². The van der Waals surface area contributed by atoms with E-state index in [0.717, 1.165) is 16.7 Å². The van der Waals surface area contributed by atoms with E-state index in [9.17, 15) is 14.4 Å². The highest BCUT2D eigenvalue weighted by Crippen LogP contribution is 2.29. The van der Waals surface area contributed by atoms with Crippen LogP contribution in [-0.2, 0) is 9.59 Å². The molecule has 3 amide bonds. The first-order valence-electron chi connectivity index (χ1n) is 12.3. The van der Waals surface area contributed by atoms with Gasteiger partial charge in [-0.05, 0) is 37.6 Å². The Morgan fingerprint density at radius 2 is 1.62 bits per heavy atom. The molecule has 3 aromatic carbocycles. The molecule has 1 aliphatic heterocycles. The van der Waals surface area contributed by atoms with Gasteiger partial charge in [-0.15, -0.1) is 0 Å². The first-order chi connectivity index (χ1) is 17.5. The molecule has 0 aliphatic carbocycles. The molecule has 4 rings (SSSR count). The summed E-state index contributed by atoms with van der Waals surface area (Å²) in [5.74, 6) is -0.580. The van der Waals surface area contributed by atoms with Gasteiger partial charge in [-0.1, -0.05) is 80.9 Å². The standard InChI is InChI=1S/C30H32N4O3/c1-19-13-15-21(16-14-19)26-23-11-6-7-12-24(23)34(18-25(35)30(3,4)5)28(36)27(32-26)33-29(37)31-22-10-8-9-20(2)17-22/h6-17,27H,18H2,1-5H3,(H2,31,33,37). The summed E-state index contributed by atoms with van der Waals surface area (Å²) in [6.45, 7) is 9.26. The number of benzene rings is 3. The maximum atomic E-state index is 13.9. The van der Waals surface area contributed by atoms with Gasteiger partial charge in [0.2, 0.25) is 6.17 Å². The lowest BCUT2D eigenvalue weighted by atomic mass is 9.90. The van der Waals surface area contributed by atoms with E-state index in [0.29, 0.717) is 22.6 Å². The summed E-state index contributed by atoms with van der Waals surface area (Å²) in [7, 11) is 0. The van der Waals surface area contributed by atoms with Crippen molar-refractivity contribution in [2.45, 2.75) is 40.8 Å². The third-order valence-electron chi connectivity index (χ3n) is 6.22. The zero-order valence-corrected chi connectivity index (χ0v) is 21.8. The van der Waals surface area contributed by atoms with Gasteiger partial charge in [0.15, 0.2) is 5.78 Å². The summed E-state index contributed by atoms with van der Waals surface area (Å²) >= 11 is 0. The predicted octanol–water partition coefficient (Wildman–Crippen LogP) is 5.25. The monoisotopic (exact) mass is 496 g/mol. The van der Waals surface area contributed by atoms with Gasteiger partial charge in [0.25, 0.3) is 5.91 Å². The Morgan fingerprint density at radius 3 is 2.30 bits per heavy atom. The van der Waals surface area contributed by atoms with Crippen molar-refractivity contribution in [2.75, 3.05) is 16.8 Å². The molecule has 0 fully saturated rings. The number of anilines is 2. The van der Waals surface area contributed by atoms with E-state index in [-0.39, 0.29) is 12.3 Å². The Bertz CT molecular complexity index is 1370. The number of urea groups is 1. The largest absolute Gasteiger partial charge is 0.321 e. The number of fused-ring (bicyclic) bond motifs is 1. The second kappa shape index (κ2) is 10.4. The molecule has 0 radical (unpaired) electrons. The average molecular weight is 497 g/mol. The van der Waals surface area contributed by atoms with Gasteiger partial charge in [-0.3, -0.25) is 9.59 Å². The Morgan fingerprint density at radius 1 is 0.919 bits per heavy atom. The number of benzodiazepines with no additional fused rings is 1. The molecule has 190 valence electrons. The summed E-state index contributed by atoms with van der Waals surface area (Å²) in [5.41, 5.74) is 4.70. The number of nitrogens with one attached hydrogen (secondary N) is 2. The van der Waals surface area contributed by atoms with Crippen LogP contribution in [0, 0.1) is 19.3 Å². The third-order valence-corrected chi connectivity index (χ3v) is 6.22. The third kappa shape index (κ3) is 5.94. The maximum absolute atomic E-state index is 13.9. The van der Waals surface area contributed by atoms with Crippen LogP contribution in [0.15, 0.2) is 77.8 Å². The van der Waals surface area contributed by atoms with Gasteiger partial charge in [0.05, 0.1) is 17.9 Å². The molecule has 2 N–H and O–H groups in total. The van der Waals surface area contributed by atoms with Crippen LogP contribution >= 0.6 is 0 Å². The predicted molar refractivity (Wildman–Crippen MR) is 147 cm³/mol. The second-order valence-electron chi connectivity index (χ2n) is 10.3. The number of carbonyl (C=O) groups is 3. The van der Waals surface area contributed by atoms with Crippen molar-refractivity contribution in [3.63, 3.8) is 0 Å². The summed E-state index contributed by atoms with van der Waals surface area (Å²) in [5, 5.41) is 5.50. The van der Waals surface area contributed by atoms with E-state index in [4.69, 9.17) is 4.99 Å². The lowest BCUT2D eigenvalue weighted by molar-refractivity contribution is -0.127. The highest BCUT2D eigenvalue weighted by molar-refractivity contribution is 6.21. The highest BCUT2D eigenvalue weighted by Gasteiger charge is 2.35. The van der Waals surface area contributed by atoms with E-state index < -0.39 is 23.5 Å². The minimum absolute atomic E-state index is 0.0996. The molecule has 1 aliphatic rings. The minimum atomic E-state index is -1.23. The number of ketones is 1. The molecular weight excluding hydrogens is 464 g/mol. The number of rotatable bonds is 5. The normalized spacial score (nSPS) is 15.4. The Kier molecular flexibility index (Phi) is 7.25. The first-order valence-corrected chi connectivity index (χ1v) is 12.3. The van der Waals surface area contributed by atoms with Gasteiger partial charge in [-0.25, -0.2) is 9.79 Å². The zero-order valence-electron chi connectivity index (χ0n) is 21.8. The second-order valence-corrected chi connectivity index (χ2v) is 10.3. The molecule has 0 spiro atoms. The number of para-hydroxylation sites is 1. The molecule has 37 heavy (non-hydrogen) atoms. The molecule has 7 heteroatoms. The molecular formula is C30H32N4O3. The van der Waals surface area contributed by atoms with Gasteiger partial charge in [0, 0.05) is 22.2 Å². The van der Waals surface area contributed by atoms with Crippen molar-refractivity contribution in [2.24, 2.45) is 10.4 Å². The van der Waals surface area contributed by atoms with Crippen LogP contribution in [0.3, 0.4) is 0 Å². The molecule has 0 saturated heterocycles. The zero-order chi connectivity index (χ0) is 26.7. The quantitative estimate of drug-likeness (QED) is 0.505. The SMILES string of the molecule is Cc1ccc(C2=NC(NC(=O)Nc3cccc(C)c3)C(=O)N(CC(=O)C(C)(C)C)c3ccccc32)cc1. The molecule has 0 saturated carbocycles. The van der Waals surface area contributed by atoms with Gasteiger partial charge in [0.1, 0.15) is 0 Å². The van der Waals surface area contributed by atoms with Gasteiger partial charge in [-0.2, -0.15) is 0 Å². The number of amides is 3. The van der Waals surface area contributed by atoms with Crippen molar-refractivity contribution in [3.05, 3.63) is 95.1 Å². The van der Waals surface area contributed by atoms with E-state index in [2.05, 4.69) is 10.6 Å². The van der Waals surface area contributed by atoms with Gasteiger partial charge >= 0.3 is 6.03 Å². The molecule has 0 bridgehead atoms. The molecule has 3 aromatic rings. The van der Waals surface area contributed by atoms with Crippen LogP contribution in [0.2, 0.25) is 0 Å². The van der Waals surface area contributed by atoms with Crippen molar-refractivity contribution in [1.29, 1.82) is 0 Å². The number of Topliss-reactive ketones (excluding diaryl/α,β-unsaturated/α-hetero) is 1. The molecule has 1 unspecified atom stereocenters. The van der Waals surface area contributed by atoms with Crippen LogP contribution in [-0.4, -0.2) is 36.1 Å². The summed E-state index contributed by atoms with van der Waals surface area (Å²) < 4.78 is 0. The highest BCUT2D eigenvalue weighted by atomic mass is 16.2. The number of carbonyl (C=O) groups excluding carboxylic acids is 3. The van der Waals surface area contributed by atoms with Crippen LogP contribution in [0.4, 0.5) is 16.2 Å². The Hall–Kier alpha value is -4.26. The fraction of sp³-hybridized carbons (Fsp3) is 0.267. The number of nitrogens with zero attached hydrogens (tertiary/aromatic N) is 2. The fourth-order valence-electron chi connectivity index (χ4n) is 4.02. The molecule has 7 nitrogen and oxygen atoms in total. The van der Waals surface area contributed by atoms with Crippen molar-refractivity contribution >= 4 is 34.8 Å². The van der Waals surface area contributed by atoms with Crippen LogP contribution in [0.5, 0.6) is 0 Å². The van der Waals surface area contributed by atoms with Crippen LogP contribution in [0.25, 0.3) is 0 Å². The van der Waals surface area contributed by atoms with E-state index >= 15 is 0 Å². The lowest BCUT2D eigenvalue weighted by Crippen LogP contribution is -2.50. The summed E-state index contributed by atoms with van der Waals surface area (Å²) in [4.78, 5) is 46.1. The van der Waals surface area contributed by atoms with Crippen LogP contribution < -0.4 is 15.5 Å². The maximum Gasteiger partial charge on any atom is 0.321 e. The smallest absolute Gasteiger partial charge is 0.308 e. The van der Waals surface area contributed by atoms with Crippen molar-refractivity contribution in [3.8, 4) is 0 Å². The Balaban J connectivity index is 1.77. The van der Waals surface area contributed by atoms with E-state index in [1.54, 1.807) is 6.07 Å². The van der Waals surface area contributed by atoms with E-state index in [1.807, 2.05) is 101 Å².